The van der Waals surface area contributed by atoms with E-state index in [0.717, 1.165) is 18.4 Å². The van der Waals surface area contributed by atoms with Crippen LogP contribution in [0, 0.1) is 0 Å². The number of hydrogen-bond donors (Lipinski definition) is 2. The number of nitrogens with one attached hydrogen (secondary N) is 2. The Labute approximate surface area is 298 Å². The summed E-state index contributed by atoms with van der Waals surface area (Å²) < 4.78 is 16.4. The molecule has 0 saturated carbocycles. The topological polar surface area (TPSA) is 120 Å². The number of unbranched alkanes of at least 4 members (excludes halogenated alkanes) is 4. The van der Waals surface area contributed by atoms with E-state index in [0.29, 0.717) is 51.3 Å². The number of anilines is 1. The fourth-order valence-corrected chi connectivity index (χ4v) is 5.33. The fraction of sp³-hybridized carbons (Fsp3) is 0.300. The molecule has 0 fully saturated rings. The molecule has 0 aliphatic carbocycles. The van der Waals surface area contributed by atoms with Crippen LogP contribution in [0.25, 0.3) is 0 Å². The highest BCUT2D eigenvalue weighted by atomic mass is 35.5. The number of halogens is 1. The van der Waals surface area contributed by atoms with Crippen LogP contribution in [-0.2, 0) is 22.4 Å². The molecule has 50 heavy (non-hydrogen) atoms. The maximum atomic E-state index is 13.0. The summed E-state index contributed by atoms with van der Waals surface area (Å²) in [5.74, 6) is 0.263. The molecule has 1 atom stereocenters. The number of hydrogen-bond acceptors (Lipinski definition) is 7. The molecule has 0 heterocycles. The fourth-order valence-electron chi connectivity index (χ4n) is 5.10. The molecule has 4 aromatic rings. The highest BCUT2D eigenvalue weighted by Crippen LogP contribution is 2.23. The van der Waals surface area contributed by atoms with Crippen LogP contribution in [0.1, 0.15) is 77.8 Å². The van der Waals surface area contributed by atoms with Gasteiger partial charge in [0.25, 0.3) is 5.91 Å². The highest BCUT2D eigenvalue weighted by Gasteiger charge is 2.19. The first-order valence-electron chi connectivity index (χ1n) is 16.7. The smallest absolute Gasteiger partial charge is 0.343 e. The maximum Gasteiger partial charge on any atom is 0.343 e. The second kappa shape index (κ2) is 19.1. The normalized spacial score (nSPS) is 11.3. The molecule has 0 aromatic heterocycles. The number of ether oxygens (including phenoxy) is 3. The van der Waals surface area contributed by atoms with Crippen LogP contribution in [0.4, 0.5) is 5.69 Å². The van der Waals surface area contributed by atoms with Crippen molar-refractivity contribution in [3.63, 3.8) is 0 Å². The van der Waals surface area contributed by atoms with Gasteiger partial charge in [-0.3, -0.25) is 14.4 Å². The van der Waals surface area contributed by atoms with Crippen LogP contribution in [0.5, 0.6) is 17.2 Å². The number of carbonyl (C=O) groups excluding carboxylic acids is 4. The zero-order valence-corrected chi connectivity index (χ0v) is 29.4. The van der Waals surface area contributed by atoms with E-state index in [1.54, 1.807) is 91.0 Å². The van der Waals surface area contributed by atoms with Gasteiger partial charge >= 0.3 is 5.97 Å². The second-order valence-electron chi connectivity index (χ2n) is 11.9. The number of carbonyl (C=O) groups is 4. The lowest BCUT2D eigenvalue weighted by atomic mass is 10.0. The third-order valence-electron chi connectivity index (χ3n) is 8.02. The van der Waals surface area contributed by atoms with Crippen LogP contribution < -0.4 is 24.8 Å². The van der Waals surface area contributed by atoms with Crippen molar-refractivity contribution in [3.05, 3.63) is 118 Å². The van der Waals surface area contributed by atoms with Gasteiger partial charge in [0, 0.05) is 16.3 Å². The molecule has 0 saturated heterocycles. The first-order valence-corrected chi connectivity index (χ1v) is 17.1. The largest absolute Gasteiger partial charge is 0.497 e. The number of Topliss-reactive ketones (excluding diaryl/α,β-unsaturated/α-hetero) is 1. The van der Waals surface area contributed by atoms with Gasteiger partial charge in [-0.2, -0.15) is 0 Å². The van der Waals surface area contributed by atoms with Crippen molar-refractivity contribution < 1.29 is 33.4 Å². The van der Waals surface area contributed by atoms with Gasteiger partial charge in [0.05, 0.1) is 31.7 Å². The van der Waals surface area contributed by atoms with Crippen LogP contribution in [0.3, 0.4) is 0 Å². The molecule has 262 valence electrons. The first-order chi connectivity index (χ1) is 24.1. The number of benzene rings is 4. The van der Waals surface area contributed by atoms with Gasteiger partial charge in [0.2, 0.25) is 5.91 Å². The van der Waals surface area contributed by atoms with Crippen LogP contribution in [0.2, 0.25) is 5.02 Å². The first kappa shape index (κ1) is 37.7. The molecule has 4 rings (SSSR count). The number of rotatable bonds is 18. The molecule has 9 nitrogen and oxygen atoms in total. The molecular weight excluding hydrogens is 656 g/mol. The van der Waals surface area contributed by atoms with Crippen molar-refractivity contribution in [1.82, 2.24) is 5.32 Å². The standard InChI is InChI=1S/C40H43ClN2O7/c1-4-5-6-7-8-23-49-33-20-13-30(14-21-33)40(47)50-34-18-9-28(10-19-34)24-37(27(2)44)43-39(46)29-11-16-32(17-12-29)42-38(45)25-31-15-22-35(48-3)26-36(31)41/h9-22,26,37H,4-8,23-25H2,1-3H3,(H,42,45)(H,43,46)/t37-/m0/s1. The van der Waals surface area contributed by atoms with E-state index in [-0.39, 0.29) is 24.5 Å². The van der Waals surface area contributed by atoms with Crippen LogP contribution >= 0.6 is 11.6 Å². The summed E-state index contributed by atoms with van der Waals surface area (Å²) in [7, 11) is 1.54. The molecule has 4 aromatic carbocycles. The zero-order chi connectivity index (χ0) is 35.9. The number of ketones is 1. The van der Waals surface area contributed by atoms with Gasteiger partial charge < -0.3 is 24.8 Å². The van der Waals surface area contributed by atoms with Crippen molar-refractivity contribution >= 4 is 40.9 Å². The third-order valence-corrected chi connectivity index (χ3v) is 8.37. The van der Waals surface area contributed by atoms with E-state index in [9.17, 15) is 19.2 Å². The third kappa shape index (κ3) is 11.8. The molecule has 0 radical (unpaired) electrons. The summed E-state index contributed by atoms with van der Waals surface area (Å²) in [5.41, 5.74) is 2.67. The average molecular weight is 699 g/mol. The Morgan fingerprint density at radius 1 is 0.760 bits per heavy atom. The highest BCUT2D eigenvalue weighted by molar-refractivity contribution is 6.31. The minimum atomic E-state index is -0.776. The summed E-state index contributed by atoms with van der Waals surface area (Å²) in [6.07, 6.45) is 6.11. The van der Waals surface area contributed by atoms with Gasteiger partial charge in [-0.15, -0.1) is 0 Å². The molecule has 2 amide bonds. The van der Waals surface area contributed by atoms with Gasteiger partial charge in [-0.05, 0) is 104 Å². The number of methoxy groups -OCH3 is 1. The minimum absolute atomic E-state index is 0.0673. The van der Waals surface area contributed by atoms with Crippen molar-refractivity contribution in [1.29, 1.82) is 0 Å². The molecule has 0 spiro atoms. The number of amides is 2. The van der Waals surface area contributed by atoms with Gasteiger partial charge in [0.1, 0.15) is 17.2 Å². The second-order valence-corrected chi connectivity index (χ2v) is 12.3. The van der Waals surface area contributed by atoms with Crippen molar-refractivity contribution in [2.45, 2.75) is 64.8 Å². The van der Waals surface area contributed by atoms with E-state index in [2.05, 4.69) is 17.6 Å². The van der Waals surface area contributed by atoms with Crippen molar-refractivity contribution in [3.8, 4) is 17.2 Å². The number of esters is 1. The maximum absolute atomic E-state index is 13.0. The van der Waals surface area contributed by atoms with Gasteiger partial charge in [0.15, 0.2) is 5.78 Å². The summed E-state index contributed by atoms with van der Waals surface area (Å²) in [4.78, 5) is 50.7. The lowest BCUT2D eigenvalue weighted by molar-refractivity contribution is -0.119. The molecule has 10 heteroatoms. The van der Waals surface area contributed by atoms with Gasteiger partial charge in [-0.1, -0.05) is 62.4 Å². The van der Waals surface area contributed by atoms with E-state index in [1.165, 1.54) is 33.3 Å². The summed E-state index contributed by atoms with van der Waals surface area (Å²) in [6.45, 7) is 4.25. The van der Waals surface area contributed by atoms with E-state index >= 15 is 0 Å². The predicted octanol–water partition coefficient (Wildman–Crippen LogP) is 8.03. The summed E-state index contributed by atoms with van der Waals surface area (Å²) in [5, 5.41) is 6.01. The lowest BCUT2D eigenvalue weighted by Crippen LogP contribution is -2.41. The van der Waals surface area contributed by atoms with E-state index < -0.39 is 17.9 Å². The zero-order valence-electron chi connectivity index (χ0n) is 28.6. The van der Waals surface area contributed by atoms with Gasteiger partial charge in [-0.25, -0.2) is 4.79 Å². The quantitative estimate of drug-likeness (QED) is 0.0613. The minimum Gasteiger partial charge on any atom is -0.497 e. The van der Waals surface area contributed by atoms with Crippen molar-refractivity contribution in [2.75, 3.05) is 19.0 Å². The molecule has 0 bridgehead atoms. The summed E-state index contributed by atoms with van der Waals surface area (Å²) in [6, 6.07) is 24.4. The van der Waals surface area contributed by atoms with E-state index in [4.69, 9.17) is 25.8 Å². The molecule has 0 unspecified atom stereocenters. The Bertz CT molecular complexity index is 1740. The Kier molecular flexibility index (Phi) is 14.4. The van der Waals surface area contributed by atoms with E-state index in [1.807, 2.05) is 0 Å². The van der Waals surface area contributed by atoms with Crippen molar-refractivity contribution in [2.24, 2.45) is 0 Å². The Morgan fingerprint density at radius 2 is 1.40 bits per heavy atom. The molecule has 0 aliphatic heterocycles. The Morgan fingerprint density at radius 3 is 2.04 bits per heavy atom. The summed E-state index contributed by atoms with van der Waals surface area (Å²) >= 11 is 6.25. The van der Waals surface area contributed by atoms with Crippen LogP contribution in [-0.4, -0.2) is 43.3 Å². The molecule has 0 aliphatic rings. The Hall–Kier alpha value is -5.15. The van der Waals surface area contributed by atoms with Crippen LogP contribution in [0.15, 0.2) is 91.0 Å². The SMILES string of the molecule is CCCCCCCOc1ccc(C(=O)Oc2ccc(C[C@H](NC(=O)c3ccc(NC(=O)Cc4ccc(OC)cc4Cl)cc3)C(C)=O)cc2)cc1. The predicted molar refractivity (Wildman–Crippen MR) is 195 cm³/mol. The lowest BCUT2D eigenvalue weighted by Gasteiger charge is -2.17. The molecule has 2 N–H and O–H groups in total. The molecular formula is C40H43ClN2O7. The monoisotopic (exact) mass is 698 g/mol. The Balaban J connectivity index is 1.25. The average Bonchev–Trinajstić information content (AvgIpc) is 3.11.